The van der Waals surface area contributed by atoms with Gasteiger partial charge in [-0.05, 0) is 18.9 Å². The Balaban J connectivity index is 0.00000243. The number of aromatic nitrogens is 3. The minimum absolute atomic E-state index is 0. The highest BCUT2D eigenvalue weighted by Gasteiger charge is 2.20. The van der Waals surface area contributed by atoms with Crippen molar-refractivity contribution in [1.82, 2.24) is 19.9 Å². The number of hydrogen-bond acceptors (Lipinski definition) is 6. The molecule has 2 aromatic rings. The quantitative estimate of drug-likeness (QED) is 0.406. The number of aryl methyl sites for hydroxylation is 1. The maximum atomic E-state index is 6.19. The van der Waals surface area contributed by atoms with Crippen molar-refractivity contribution in [2.75, 3.05) is 31.1 Å². The van der Waals surface area contributed by atoms with Gasteiger partial charge in [0.15, 0.2) is 5.96 Å². The van der Waals surface area contributed by atoms with Crippen LogP contribution in [0.15, 0.2) is 23.5 Å². The Morgan fingerprint density at radius 2 is 1.88 bits per heavy atom. The second-order valence-electron chi connectivity index (χ2n) is 6.40. The molecule has 26 heavy (non-hydrogen) atoms. The van der Waals surface area contributed by atoms with Crippen molar-refractivity contribution < 1.29 is 0 Å². The van der Waals surface area contributed by atoms with Gasteiger partial charge in [0.25, 0.3) is 0 Å². The Morgan fingerprint density at radius 1 is 1.23 bits per heavy atom. The Bertz CT molecular complexity index is 724. The standard InChI is InChI=1S/C17H25N7S.HI/c1-12(2)15-13(3)25-14(22-15)11-21-16(18)23-7-9-24(10-8-23)17-19-5-4-6-20-17;/h4-6,12H,7-11H2,1-3H3,(H2,18,21);1H. The first-order valence-electron chi connectivity index (χ1n) is 8.57. The van der Waals surface area contributed by atoms with Gasteiger partial charge in [0.1, 0.15) is 5.01 Å². The largest absolute Gasteiger partial charge is 0.370 e. The summed E-state index contributed by atoms with van der Waals surface area (Å²) in [4.78, 5) is 23.4. The highest BCUT2D eigenvalue weighted by molar-refractivity contribution is 14.0. The fraction of sp³-hybridized carbons (Fsp3) is 0.529. The molecule has 2 aromatic heterocycles. The van der Waals surface area contributed by atoms with Gasteiger partial charge in [0.05, 0.1) is 12.2 Å². The summed E-state index contributed by atoms with van der Waals surface area (Å²) in [5.74, 6) is 1.81. The molecule has 7 nitrogen and oxygen atoms in total. The van der Waals surface area contributed by atoms with E-state index in [4.69, 9.17) is 10.7 Å². The van der Waals surface area contributed by atoms with Crippen LogP contribution in [0.5, 0.6) is 0 Å². The fourth-order valence-electron chi connectivity index (χ4n) is 2.91. The predicted molar refractivity (Wildman–Crippen MR) is 117 cm³/mol. The number of aliphatic imine (C=N–C) groups is 1. The van der Waals surface area contributed by atoms with Crippen LogP contribution in [0.25, 0.3) is 0 Å². The number of anilines is 1. The van der Waals surface area contributed by atoms with E-state index in [2.05, 4.69) is 45.5 Å². The first-order chi connectivity index (χ1) is 12.0. The van der Waals surface area contributed by atoms with Gasteiger partial charge in [-0.1, -0.05) is 13.8 Å². The van der Waals surface area contributed by atoms with Crippen molar-refractivity contribution in [2.45, 2.75) is 33.2 Å². The van der Waals surface area contributed by atoms with E-state index in [1.165, 1.54) is 10.6 Å². The molecule has 9 heteroatoms. The van der Waals surface area contributed by atoms with E-state index < -0.39 is 0 Å². The maximum Gasteiger partial charge on any atom is 0.225 e. The summed E-state index contributed by atoms with van der Waals surface area (Å²) in [6.07, 6.45) is 3.54. The average Bonchev–Trinajstić information content (AvgIpc) is 3.01. The second kappa shape index (κ2) is 9.45. The average molecular weight is 487 g/mol. The Morgan fingerprint density at radius 3 is 2.46 bits per heavy atom. The van der Waals surface area contributed by atoms with Crippen molar-refractivity contribution in [2.24, 2.45) is 10.7 Å². The van der Waals surface area contributed by atoms with Gasteiger partial charge in [-0.3, -0.25) is 0 Å². The number of guanidine groups is 1. The van der Waals surface area contributed by atoms with Crippen LogP contribution in [0, 0.1) is 6.92 Å². The Hall–Kier alpha value is -1.49. The molecule has 0 aliphatic carbocycles. The smallest absolute Gasteiger partial charge is 0.225 e. The number of halogens is 1. The predicted octanol–water partition coefficient (Wildman–Crippen LogP) is 2.62. The van der Waals surface area contributed by atoms with Crippen LogP contribution in [0.4, 0.5) is 5.95 Å². The first-order valence-corrected chi connectivity index (χ1v) is 9.39. The lowest BCUT2D eigenvalue weighted by Gasteiger charge is -2.35. The number of piperazine rings is 1. The third-order valence-corrected chi connectivity index (χ3v) is 5.21. The molecule has 2 N–H and O–H groups in total. The molecule has 0 saturated carbocycles. The summed E-state index contributed by atoms with van der Waals surface area (Å²) in [7, 11) is 0. The van der Waals surface area contributed by atoms with Gasteiger partial charge >= 0.3 is 0 Å². The molecule has 1 saturated heterocycles. The molecule has 0 spiro atoms. The van der Waals surface area contributed by atoms with E-state index in [0.29, 0.717) is 18.4 Å². The van der Waals surface area contributed by atoms with Crippen LogP contribution in [0.3, 0.4) is 0 Å². The van der Waals surface area contributed by atoms with Crippen LogP contribution in [-0.2, 0) is 6.54 Å². The summed E-state index contributed by atoms with van der Waals surface area (Å²) >= 11 is 1.71. The van der Waals surface area contributed by atoms with Crippen molar-refractivity contribution in [1.29, 1.82) is 0 Å². The molecule has 3 heterocycles. The van der Waals surface area contributed by atoms with Gasteiger partial charge in [-0.25, -0.2) is 19.9 Å². The van der Waals surface area contributed by atoms with E-state index in [-0.39, 0.29) is 24.0 Å². The summed E-state index contributed by atoms with van der Waals surface area (Å²) in [6.45, 7) is 10.3. The van der Waals surface area contributed by atoms with Crippen LogP contribution in [-0.4, -0.2) is 52.0 Å². The monoisotopic (exact) mass is 487 g/mol. The van der Waals surface area contributed by atoms with Crippen LogP contribution in [0.2, 0.25) is 0 Å². The molecule has 0 atom stereocenters. The highest BCUT2D eigenvalue weighted by atomic mass is 127. The van der Waals surface area contributed by atoms with Crippen LogP contribution >= 0.6 is 35.3 Å². The summed E-state index contributed by atoms with van der Waals surface area (Å²) in [5.41, 5.74) is 7.36. The van der Waals surface area contributed by atoms with Gasteiger partial charge in [-0.2, -0.15) is 0 Å². The number of hydrogen-bond donors (Lipinski definition) is 1. The Labute approximate surface area is 175 Å². The van der Waals surface area contributed by atoms with E-state index in [1.54, 1.807) is 23.7 Å². The third-order valence-electron chi connectivity index (χ3n) is 4.24. The summed E-state index contributed by atoms with van der Waals surface area (Å²) in [6, 6.07) is 1.83. The molecule has 0 amide bonds. The molecular weight excluding hydrogens is 461 g/mol. The molecule has 142 valence electrons. The van der Waals surface area contributed by atoms with Gasteiger partial charge < -0.3 is 15.5 Å². The second-order valence-corrected chi connectivity index (χ2v) is 7.69. The van der Waals surface area contributed by atoms with Crippen molar-refractivity contribution >= 4 is 47.2 Å². The van der Waals surface area contributed by atoms with Gasteiger partial charge in [0, 0.05) is 43.4 Å². The van der Waals surface area contributed by atoms with Crippen molar-refractivity contribution in [3.05, 3.63) is 34.0 Å². The molecule has 1 fully saturated rings. The zero-order valence-corrected chi connectivity index (χ0v) is 18.6. The van der Waals surface area contributed by atoms with E-state index in [9.17, 15) is 0 Å². The molecule has 0 radical (unpaired) electrons. The first kappa shape index (κ1) is 20.8. The van der Waals surface area contributed by atoms with Crippen LogP contribution in [0.1, 0.15) is 35.3 Å². The maximum absolute atomic E-state index is 6.19. The molecule has 0 bridgehead atoms. The topological polar surface area (TPSA) is 83.5 Å². The van der Waals surface area contributed by atoms with E-state index >= 15 is 0 Å². The third kappa shape index (κ3) is 5.03. The molecule has 3 rings (SSSR count). The van der Waals surface area contributed by atoms with E-state index in [1.807, 2.05) is 6.07 Å². The normalized spacial score (nSPS) is 15.3. The molecule has 0 aromatic carbocycles. The number of thiazole rings is 1. The molecular formula is C17H26IN7S. The lowest BCUT2D eigenvalue weighted by molar-refractivity contribution is 0.378. The lowest BCUT2D eigenvalue weighted by Crippen LogP contribution is -2.51. The van der Waals surface area contributed by atoms with Gasteiger partial charge in [-0.15, -0.1) is 35.3 Å². The highest BCUT2D eigenvalue weighted by Crippen LogP contribution is 2.24. The summed E-state index contributed by atoms with van der Waals surface area (Å²) < 4.78 is 0. The van der Waals surface area contributed by atoms with E-state index in [0.717, 1.165) is 37.1 Å². The summed E-state index contributed by atoms with van der Waals surface area (Å²) in [5, 5.41) is 1.03. The number of nitrogens with zero attached hydrogens (tertiary/aromatic N) is 6. The zero-order valence-electron chi connectivity index (χ0n) is 15.4. The lowest BCUT2D eigenvalue weighted by atomic mass is 10.1. The fourth-order valence-corrected chi connectivity index (χ4v) is 3.92. The molecule has 1 aliphatic rings. The molecule has 0 unspecified atom stereocenters. The number of rotatable bonds is 4. The SMILES string of the molecule is Cc1sc(CN=C(N)N2CCN(c3ncccn3)CC2)nc1C(C)C.I. The number of nitrogens with two attached hydrogens (primary N) is 1. The van der Waals surface area contributed by atoms with Crippen LogP contribution < -0.4 is 10.6 Å². The minimum atomic E-state index is 0. The zero-order chi connectivity index (χ0) is 17.8. The van der Waals surface area contributed by atoms with Crippen molar-refractivity contribution in [3.8, 4) is 0 Å². The minimum Gasteiger partial charge on any atom is -0.370 e. The van der Waals surface area contributed by atoms with Crippen molar-refractivity contribution in [3.63, 3.8) is 0 Å². The van der Waals surface area contributed by atoms with Gasteiger partial charge in [0.2, 0.25) is 5.95 Å². The molecule has 1 aliphatic heterocycles. The Kier molecular flexibility index (Phi) is 7.56.